The molecule has 0 aliphatic rings. The largest absolute Gasteiger partial charge is 0.306 e. The van der Waals surface area contributed by atoms with E-state index in [1.54, 1.807) is 0 Å². The Bertz CT molecular complexity index is 577. The molecule has 0 aromatic heterocycles. The smallest absolute Gasteiger partial charge is 0.0579 e. The molecule has 0 bridgehead atoms. The van der Waals surface area contributed by atoms with Gasteiger partial charge in [-0.15, -0.1) is 0 Å². The van der Waals surface area contributed by atoms with Crippen LogP contribution >= 0.6 is 11.6 Å². The SMILES string of the molecule is CCCNC(c1ccc(Cl)c(C)c1)c1ccccc1C. The third-order valence-electron chi connectivity index (χ3n) is 3.61. The average molecular weight is 288 g/mol. The predicted molar refractivity (Wildman–Crippen MR) is 87.5 cm³/mol. The Morgan fingerprint density at radius 3 is 2.45 bits per heavy atom. The highest BCUT2D eigenvalue weighted by molar-refractivity contribution is 6.31. The fourth-order valence-electron chi connectivity index (χ4n) is 2.45. The molecule has 0 aliphatic heterocycles. The Morgan fingerprint density at radius 2 is 1.80 bits per heavy atom. The second-order valence-electron chi connectivity index (χ2n) is 5.25. The quantitative estimate of drug-likeness (QED) is 0.812. The number of aryl methyl sites for hydroxylation is 2. The summed E-state index contributed by atoms with van der Waals surface area (Å²) in [6.45, 7) is 7.41. The van der Waals surface area contributed by atoms with Gasteiger partial charge in [-0.3, -0.25) is 0 Å². The molecular formula is C18H22ClN. The molecule has 2 aromatic carbocycles. The van der Waals surface area contributed by atoms with Crippen molar-refractivity contribution in [1.82, 2.24) is 5.32 Å². The summed E-state index contributed by atoms with van der Waals surface area (Å²) in [6.07, 6.45) is 1.12. The minimum absolute atomic E-state index is 0.229. The Hall–Kier alpha value is -1.31. The summed E-state index contributed by atoms with van der Waals surface area (Å²) in [5.74, 6) is 0. The molecule has 2 rings (SSSR count). The van der Waals surface area contributed by atoms with Crippen molar-refractivity contribution in [2.45, 2.75) is 33.2 Å². The monoisotopic (exact) mass is 287 g/mol. The van der Waals surface area contributed by atoms with Crippen molar-refractivity contribution in [1.29, 1.82) is 0 Å². The molecule has 106 valence electrons. The van der Waals surface area contributed by atoms with E-state index < -0.39 is 0 Å². The lowest BCUT2D eigenvalue weighted by Crippen LogP contribution is -2.24. The van der Waals surface area contributed by atoms with E-state index in [0.717, 1.165) is 23.6 Å². The highest BCUT2D eigenvalue weighted by atomic mass is 35.5. The highest BCUT2D eigenvalue weighted by Crippen LogP contribution is 2.27. The zero-order valence-corrected chi connectivity index (χ0v) is 13.2. The number of rotatable bonds is 5. The van der Waals surface area contributed by atoms with Gasteiger partial charge in [0.25, 0.3) is 0 Å². The molecule has 0 amide bonds. The predicted octanol–water partition coefficient (Wildman–Crippen LogP) is 5.05. The van der Waals surface area contributed by atoms with Gasteiger partial charge >= 0.3 is 0 Å². The number of hydrogen-bond acceptors (Lipinski definition) is 1. The van der Waals surface area contributed by atoms with Crippen LogP contribution in [0.25, 0.3) is 0 Å². The van der Waals surface area contributed by atoms with Crippen molar-refractivity contribution in [3.8, 4) is 0 Å². The fraction of sp³-hybridized carbons (Fsp3) is 0.333. The Labute approximate surface area is 127 Å². The van der Waals surface area contributed by atoms with Gasteiger partial charge in [-0.1, -0.05) is 54.9 Å². The van der Waals surface area contributed by atoms with Crippen LogP contribution in [0.4, 0.5) is 0 Å². The minimum Gasteiger partial charge on any atom is -0.306 e. The summed E-state index contributed by atoms with van der Waals surface area (Å²) in [5.41, 5.74) is 5.05. The molecule has 1 nitrogen and oxygen atoms in total. The second-order valence-corrected chi connectivity index (χ2v) is 5.66. The van der Waals surface area contributed by atoms with Crippen molar-refractivity contribution in [2.75, 3.05) is 6.54 Å². The van der Waals surface area contributed by atoms with Gasteiger partial charge in [0.2, 0.25) is 0 Å². The van der Waals surface area contributed by atoms with Crippen molar-refractivity contribution in [3.05, 3.63) is 69.7 Å². The minimum atomic E-state index is 0.229. The van der Waals surface area contributed by atoms with Gasteiger partial charge in [-0.2, -0.15) is 0 Å². The molecule has 0 spiro atoms. The van der Waals surface area contributed by atoms with Crippen LogP contribution in [0.1, 0.15) is 41.6 Å². The lowest BCUT2D eigenvalue weighted by molar-refractivity contribution is 0.596. The zero-order valence-electron chi connectivity index (χ0n) is 12.4. The van der Waals surface area contributed by atoms with Crippen LogP contribution in [0, 0.1) is 13.8 Å². The van der Waals surface area contributed by atoms with E-state index in [4.69, 9.17) is 11.6 Å². The summed E-state index contributed by atoms with van der Waals surface area (Å²) in [6, 6.07) is 15.1. The Kier molecular flexibility index (Phi) is 5.22. The summed E-state index contributed by atoms with van der Waals surface area (Å²) in [5, 5.41) is 4.47. The first kappa shape index (κ1) is 15.1. The summed E-state index contributed by atoms with van der Waals surface area (Å²) in [7, 11) is 0. The molecule has 0 saturated heterocycles. The van der Waals surface area contributed by atoms with E-state index >= 15 is 0 Å². The van der Waals surface area contributed by atoms with E-state index in [9.17, 15) is 0 Å². The van der Waals surface area contributed by atoms with Crippen molar-refractivity contribution in [3.63, 3.8) is 0 Å². The van der Waals surface area contributed by atoms with Crippen LogP contribution in [0.5, 0.6) is 0 Å². The number of halogens is 1. The number of hydrogen-bond donors (Lipinski definition) is 1. The number of benzene rings is 2. The molecule has 20 heavy (non-hydrogen) atoms. The number of nitrogens with one attached hydrogen (secondary N) is 1. The lowest BCUT2D eigenvalue weighted by atomic mass is 9.94. The molecule has 0 heterocycles. The molecule has 0 fully saturated rings. The fourth-order valence-corrected chi connectivity index (χ4v) is 2.57. The average Bonchev–Trinajstić information content (AvgIpc) is 2.44. The first-order valence-corrected chi connectivity index (χ1v) is 7.56. The van der Waals surface area contributed by atoms with Crippen molar-refractivity contribution >= 4 is 11.6 Å². The molecule has 1 unspecified atom stereocenters. The molecule has 1 N–H and O–H groups in total. The van der Waals surface area contributed by atoms with Crippen LogP contribution in [0.3, 0.4) is 0 Å². The van der Waals surface area contributed by atoms with Gasteiger partial charge in [0.1, 0.15) is 0 Å². The van der Waals surface area contributed by atoms with Gasteiger partial charge < -0.3 is 5.32 Å². The van der Waals surface area contributed by atoms with E-state index in [1.165, 1.54) is 16.7 Å². The molecule has 1 atom stereocenters. The Morgan fingerprint density at radius 1 is 1.05 bits per heavy atom. The summed E-state index contributed by atoms with van der Waals surface area (Å²) in [4.78, 5) is 0. The molecule has 2 heteroatoms. The maximum Gasteiger partial charge on any atom is 0.0579 e. The van der Waals surface area contributed by atoms with Gasteiger partial charge in [-0.25, -0.2) is 0 Å². The van der Waals surface area contributed by atoms with Crippen LogP contribution in [-0.4, -0.2) is 6.54 Å². The molecule has 0 radical (unpaired) electrons. The summed E-state index contributed by atoms with van der Waals surface area (Å²) >= 11 is 6.15. The van der Waals surface area contributed by atoms with Gasteiger partial charge in [0.15, 0.2) is 0 Å². The second kappa shape index (κ2) is 6.92. The maximum absolute atomic E-state index is 6.15. The topological polar surface area (TPSA) is 12.0 Å². The first-order chi connectivity index (χ1) is 9.63. The van der Waals surface area contributed by atoms with Crippen molar-refractivity contribution < 1.29 is 0 Å². The van der Waals surface area contributed by atoms with E-state index in [1.807, 2.05) is 6.07 Å². The molecule has 2 aromatic rings. The van der Waals surface area contributed by atoms with E-state index in [2.05, 4.69) is 62.5 Å². The normalized spacial score (nSPS) is 12.4. The summed E-state index contributed by atoms with van der Waals surface area (Å²) < 4.78 is 0. The zero-order chi connectivity index (χ0) is 14.5. The van der Waals surface area contributed by atoms with Gasteiger partial charge in [-0.05, 0) is 55.1 Å². The first-order valence-electron chi connectivity index (χ1n) is 7.18. The molecule has 0 saturated carbocycles. The third kappa shape index (κ3) is 3.41. The van der Waals surface area contributed by atoms with Gasteiger partial charge in [0, 0.05) is 5.02 Å². The lowest BCUT2D eigenvalue weighted by Gasteiger charge is -2.22. The Balaban J connectivity index is 2.41. The van der Waals surface area contributed by atoms with E-state index in [0.29, 0.717) is 0 Å². The van der Waals surface area contributed by atoms with Crippen LogP contribution in [-0.2, 0) is 0 Å². The van der Waals surface area contributed by atoms with Crippen LogP contribution < -0.4 is 5.32 Å². The standard InChI is InChI=1S/C18H22ClN/c1-4-11-20-18(16-8-6-5-7-13(16)2)15-9-10-17(19)14(3)12-15/h5-10,12,18,20H,4,11H2,1-3H3. The van der Waals surface area contributed by atoms with Crippen LogP contribution in [0.2, 0.25) is 5.02 Å². The molecule has 0 aliphatic carbocycles. The van der Waals surface area contributed by atoms with E-state index in [-0.39, 0.29) is 6.04 Å². The third-order valence-corrected chi connectivity index (χ3v) is 4.04. The van der Waals surface area contributed by atoms with Gasteiger partial charge in [0.05, 0.1) is 6.04 Å². The molecular weight excluding hydrogens is 266 g/mol. The van der Waals surface area contributed by atoms with Crippen LogP contribution in [0.15, 0.2) is 42.5 Å². The highest BCUT2D eigenvalue weighted by Gasteiger charge is 2.15. The maximum atomic E-state index is 6.15. The van der Waals surface area contributed by atoms with Crippen molar-refractivity contribution in [2.24, 2.45) is 0 Å².